The van der Waals surface area contributed by atoms with Gasteiger partial charge in [-0.3, -0.25) is 4.79 Å². The lowest BCUT2D eigenvalue weighted by molar-refractivity contribution is -0.121. The number of halogens is 1. The van der Waals surface area contributed by atoms with E-state index in [1.165, 1.54) is 0 Å². The summed E-state index contributed by atoms with van der Waals surface area (Å²) in [4.78, 5) is 12.7. The van der Waals surface area contributed by atoms with Crippen molar-refractivity contribution in [3.8, 4) is 0 Å². The smallest absolute Gasteiger partial charge is 0.221 e. The number of amides is 1. The molecular weight excluding hydrogens is 314 g/mol. The summed E-state index contributed by atoms with van der Waals surface area (Å²) in [7, 11) is 0. The minimum atomic E-state index is 0.0375. The highest BCUT2D eigenvalue weighted by Crippen LogP contribution is 2.27. The molecule has 1 atom stereocenters. The van der Waals surface area contributed by atoms with Crippen LogP contribution in [0.1, 0.15) is 19.8 Å². The van der Waals surface area contributed by atoms with Gasteiger partial charge in [-0.1, -0.05) is 12.1 Å². The fraction of sp³-hybridized carbons (Fsp3) is 0.462. The van der Waals surface area contributed by atoms with E-state index in [1.807, 2.05) is 31.2 Å². The number of aliphatic hydroxyl groups is 1. The largest absolute Gasteiger partial charge is 0.396 e. The highest BCUT2D eigenvalue weighted by atomic mass is 79.9. The minimum Gasteiger partial charge on any atom is -0.396 e. The highest BCUT2D eigenvalue weighted by molar-refractivity contribution is 9.10. The summed E-state index contributed by atoms with van der Waals surface area (Å²) in [5.41, 5.74) is 0. The Balaban J connectivity index is 2.25. The molecule has 1 aromatic carbocycles. The molecule has 0 heterocycles. The third kappa shape index (κ3) is 5.89. The molecule has 0 aliphatic rings. The first kappa shape index (κ1) is 15.5. The van der Waals surface area contributed by atoms with Gasteiger partial charge >= 0.3 is 0 Å². The number of benzene rings is 1. The van der Waals surface area contributed by atoms with E-state index in [-0.39, 0.29) is 18.6 Å². The van der Waals surface area contributed by atoms with Gasteiger partial charge in [0.1, 0.15) is 0 Å². The van der Waals surface area contributed by atoms with Crippen LogP contribution in [0.3, 0.4) is 0 Å². The van der Waals surface area contributed by atoms with Gasteiger partial charge in [-0.25, -0.2) is 0 Å². The number of hydrogen-bond donors (Lipinski definition) is 2. The molecule has 1 aromatic rings. The van der Waals surface area contributed by atoms with Crippen LogP contribution in [-0.2, 0) is 4.79 Å². The molecule has 0 fully saturated rings. The first-order valence-electron chi connectivity index (χ1n) is 5.91. The Bertz CT molecular complexity index is 387. The number of hydrogen-bond acceptors (Lipinski definition) is 3. The van der Waals surface area contributed by atoms with Crippen LogP contribution < -0.4 is 5.32 Å². The van der Waals surface area contributed by atoms with Crippen LogP contribution in [0.2, 0.25) is 0 Å². The summed E-state index contributed by atoms with van der Waals surface area (Å²) < 4.78 is 1.06. The van der Waals surface area contributed by atoms with Crippen molar-refractivity contribution in [2.24, 2.45) is 0 Å². The number of nitrogens with one attached hydrogen (secondary N) is 1. The molecule has 3 nitrogen and oxygen atoms in total. The predicted octanol–water partition coefficient (Wildman–Crippen LogP) is 2.82. The molecule has 18 heavy (non-hydrogen) atoms. The molecule has 2 N–H and O–H groups in total. The third-order valence-corrected chi connectivity index (χ3v) is 4.42. The molecule has 1 rings (SSSR count). The Morgan fingerprint density at radius 1 is 1.50 bits per heavy atom. The van der Waals surface area contributed by atoms with Crippen LogP contribution in [0, 0.1) is 0 Å². The van der Waals surface area contributed by atoms with Gasteiger partial charge < -0.3 is 10.4 Å². The Morgan fingerprint density at radius 3 is 2.89 bits per heavy atom. The summed E-state index contributed by atoms with van der Waals surface area (Å²) in [5, 5.41) is 11.6. The standard InChI is InChI=1S/C13H18BrNO2S/c1-10(6-8-16)15-13(17)7-9-18-12-5-3-2-4-11(12)14/h2-5,10,16H,6-9H2,1H3,(H,15,17). The zero-order valence-electron chi connectivity index (χ0n) is 10.4. The highest BCUT2D eigenvalue weighted by Gasteiger charge is 2.07. The molecule has 5 heteroatoms. The molecule has 0 saturated heterocycles. The van der Waals surface area contributed by atoms with Gasteiger partial charge in [0.05, 0.1) is 0 Å². The van der Waals surface area contributed by atoms with E-state index in [4.69, 9.17) is 5.11 Å². The molecule has 0 saturated carbocycles. The number of thioether (sulfide) groups is 1. The van der Waals surface area contributed by atoms with Gasteiger partial charge in [0.25, 0.3) is 0 Å². The van der Waals surface area contributed by atoms with Gasteiger partial charge in [-0.05, 0) is 41.4 Å². The van der Waals surface area contributed by atoms with E-state index in [9.17, 15) is 4.79 Å². The normalized spacial score (nSPS) is 12.2. The van der Waals surface area contributed by atoms with Crippen molar-refractivity contribution >= 4 is 33.6 Å². The molecular formula is C13H18BrNO2S. The topological polar surface area (TPSA) is 49.3 Å². The van der Waals surface area contributed by atoms with Crippen molar-refractivity contribution in [3.05, 3.63) is 28.7 Å². The van der Waals surface area contributed by atoms with Gasteiger partial charge in [-0.2, -0.15) is 0 Å². The predicted molar refractivity (Wildman–Crippen MR) is 78.8 cm³/mol. The Hall–Kier alpha value is -0.520. The first-order chi connectivity index (χ1) is 8.63. The van der Waals surface area contributed by atoms with E-state index >= 15 is 0 Å². The van der Waals surface area contributed by atoms with Crippen LogP contribution in [0.5, 0.6) is 0 Å². The molecule has 0 spiro atoms. The zero-order valence-corrected chi connectivity index (χ0v) is 12.8. The van der Waals surface area contributed by atoms with Crippen molar-refractivity contribution < 1.29 is 9.90 Å². The second-order valence-electron chi connectivity index (χ2n) is 4.01. The Labute approximate surface area is 120 Å². The number of carbonyl (C=O) groups excluding carboxylic acids is 1. The lowest BCUT2D eigenvalue weighted by atomic mass is 10.2. The van der Waals surface area contributed by atoms with Gasteiger partial charge in [-0.15, -0.1) is 11.8 Å². The van der Waals surface area contributed by atoms with Crippen molar-refractivity contribution in [1.82, 2.24) is 5.32 Å². The van der Waals surface area contributed by atoms with Crippen molar-refractivity contribution in [3.63, 3.8) is 0 Å². The fourth-order valence-corrected chi connectivity index (χ4v) is 2.94. The molecule has 0 aliphatic carbocycles. The molecule has 100 valence electrons. The fourth-order valence-electron chi connectivity index (χ4n) is 1.43. The van der Waals surface area contributed by atoms with E-state index in [1.54, 1.807) is 11.8 Å². The third-order valence-electron chi connectivity index (χ3n) is 2.39. The second-order valence-corrected chi connectivity index (χ2v) is 6.00. The minimum absolute atomic E-state index is 0.0375. The summed E-state index contributed by atoms with van der Waals surface area (Å²) in [6.45, 7) is 2.00. The molecule has 1 amide bonds. The molecule has 0 bridgehead atoms. The lowest BCUT2D eigenvalue weighted by Crippen LogP contribution is -2.33. The molecule has 0 aromatic heterocycles. The van der Waals surface area contributed by atoms with Gasteiger partial charge in [0, 0.05) is 34.2 Å². The van der Waals surface area contributed by atoms with Crippen molar-refractivity contribution in [1.29, 1.82) is 0 Å². The summed E-state index contributed by atoms with van der Waals surface area (Å²) in [5.74, 6) is 0.788. The van der Waals surface area contributed by atoms with E-state index in [2.05, 4.69) is 21.2 Å². The first-order valence-corrected chi connectivity index (χ1v) is 7.69. The van der Waals surface area contributed by atoms with E-state index in [0.29, 0.717) is 12.8 Å². The maximum Gasteiger partial charge on any atom is 0.221 e. The molecule has 0 radical (unpaired) electrons. The molecule has 1 unspecified atom stereocenters. The van der Waals surface area contributed by atoms with Crippen LogP contribution in [0.4, 0.5) is 0 Å². The van der Waals surface area contributed by atoms with Crippen LogP contribution >= 0.6 is 27.7 Å². The summed E-state index contributed by atoms with van der Waals surface area (Å²) in [6.07, 6.45) is 1.09. The van der Waals surface area contributed by atoms with Crippen LogP contribution in [-0.4, -0.2) is 29.4 Å². The zero-order chi connectivity index (χ0) is 13.4. The number of rotatable bonds is 7. The van der Waals surface area contributed by atoms with E-state index in [0.717, 1.165) is 15.1 Å². The molecule has 0 aliphatic heterocycles. The second kappa shape index (κ2) is 8.56. The Kier molecular flexibility index (Phi) is 7.39. The van der Waals surface area contributed by atoms with Crippen molar-refractivity contribution in [2.45, 2.75) is 30.7 Å². The van der Waals surface area contributed by atoms with Gasteiger partial charge in [0.15, 0.2) is 0 Å². The van der Waals surface area contributed by atoms with E-state index < -0.39 is 0 Å². The Morgan fingerprint density at radius 2 is 2.22 bits per heavy atom. The van der Waals surface area contributed by atoms with Gasteiger partial charge in [0.2, 0.25) is 5.91 Å². The summed E-state index contributed by atoms with van der Waals surface area (Å²) in [6, 6.07) is 8.01. The monoisotopic (exact) mass is 331 g/mol. The maximum absolute atomic E-state index is 11.6. The SMILES string of the molecule is CC(CCO)NC(=O)CCSc1ccccc1Br. The average molecular weight is 332 g/mol. The summed E-state index contributed by atoms with van der Waals surface area (Å²) >= 11 is 5.13. The number of aliphatic hydroxyl groups excluding tert-OH is 1. The average Bonchev–Trinajstić information content (AvgIpc) is 2.31. The van der Waals surface area contributed by atoms with Crippen LogP contribution in [0.25, 0.3) is 0 Å². The van der Waals surface area contributed by atoms with Crippen LogP contribution in [0.15, 0.2) is 33.6 Å². The lowest BCUT2D eigenvalue weighted by Gasteiger charge is -2.12. The number of carbonyl (C=O) groups is 1. The van der Waals surface area contributed by atoms with Crippen molar-refractivity contribution in [2.75, 3.05) is 12.4 Å². The quantitative estimate of drug-likeness (QED) is 0.755. The maximum atomic E-state index is 11.6.